The number of nitrogens with zero attached hydrogens (tertiary/aromatic N) is 3. The summed E-state index contributed by atoms with van der Waals surface area (Å²) in [6, 6.07) is 0. The molecule has 1 aliphatic heterocycles. The maximum atomic E-state index is 11.9. The van der Waals surface area contributed by atoms with Gasteiger partial charge in [0.1, 0.15) is 9.38 Å². The fraction of sp³-hybridized carbons (Fsp3) is 0.692. The first-order valence-electron chi connectivity index (χ1n) is 7.24. The summed E-state index contributed by atoms with van der Waals surface area (Å²) in [6.07, 6.45) is 6.30. The minimum atomic E-state index is -0.0263. The fourth-order valence-electron chi connectivity index (χ4n) is 2.49. The predicted molar refractivity (Wildman–Crippen MR) is 91.6 cm³/mol. The molecule has 0 bridgehead atoms. The molecule has 2 heterocycles. The molecule has 0 radical (unpaired) electrons. The average Bonchev–Trinajstić information content (AvgIpc) is 3.17. The SMILES string of the molecule is O=C(CSC1=NCCS1)Nc1nnc(C2CCCCC2)s1. The first-order chi connectivity index (χ1) is 10.3. The van der Waals surface area contributed by atoms with Crippen molar-refractivity contribution in [1.82, 2.24) is 10.2 Å². The Hall–Kier alpha value is -0.600. The van der Waals surface area contributed by atoms with Crippen LogP contribution in [0.25, 0.3) is 0 Å². The van der Waals surface area contributed by atoms with Crippen molar-refractivity contribution in [3.8, 4) is 0 Å². The van der Waals surface area contributed by atoms with Crippen molar-refractivity contribution in [2.24, 2.45) is 4.99 Å². The van der Waals surface area contributed by atoms with E-state index in [4.69, 9.17) is 0 Å². The first-order valence-corrected chi connectivity index (χ1v) is 10.0. The van der Waals surface area contributed by atoms with Crippen molar-refractivity contribution < 1.29 is 4.79 Å². The van der Waals surface area contributed by atoms with Crippen molar-refractivity contribution in [2.45, 2.75) is 38.0 Å². The summed E-state index contributed by atoms with van der Waals surface area (Å²) in [6.45, 7) is 0.871. The highest BCUT2D eigenvalue weighted by molar-refractivity contribution is 8.39. The summed E-state index contributed by atoms with van der Waals surface area (Å²) in [5.74, 6) is 1.94. The molecule has 8 heteroatoms. The van der Waals surface area contributed by atoms with Gasteiger partial charge in [0.25, 0.3) is 0 Å². The third kappa shape index (κ3) is 4.43. The second-order valence-corrected chi connectivity index (χ2v) is 8.43. The average molecular weight is 343 g/mol. The maximum absolute atomic E-state index is 11.9. The summed E-state index contributed by atoms with van der Waals surface area (Å²) in [5.41, 5.74) is 0. The van der Waals surface area contributed by atoms with Crippen LogP contribution in [0, 0.1) is 0 Å². The van der Waals surface area contributed by atoms with E-state index >= 15 is 0 Å². The monoisotopic (exact) mass is 342 g/mol. The minimum absolute atomic E-state index is 0.0263. The van der Waals surface area contributed by atoms with Crippen molar-refractivity contribution in [1.29, 1.82) is 0 Å². The molecule has 21 heavy (non-hydrogen) atoms. The Balaban J connectivity index is 1.48. The molecule has 1 N–H and O–H groups in total. The molecule has 114 valence electrons. The molecule has 0 spiro atoms. The molecule has 1 aromatic rings. The molecule has 1 fully saturated rings. The second-order valence-electron chi connectivity index (χ2n) is 5.11. The number of hydrogen-bond acceptors (Lipinski definition) is 7. The predicted octanol–water partition coefficient (Wildman–Crippen LogP) is 3.36. The lowest BCUT2D eigenvalue weighted by Crippen LogP contribution is -2.14. The molecule has 0 atom stereocenters. The lowest BCUT2D eigenvalue weighted by molar-refractivity contribution is -0.113. The zero-order valence-corrected chi connectivity index (χ0v) is 14.2. The molecule has 2 aliphatic rings. The summed E-state index contributed by atoms with van der Waals surface area (Å²) < 4.78 is 1.02. The second kappa shape index (κ2) is 7.60. The lowest BCUT2D eigenvalue weighted by Gasteiger charge is -2.18. The molecular weight excluding hydrogens is 324 g/mol. The van der Waals surface area contributed by atoms with Crippen LogP contribution in [0.2, 0.25) is 0 Å². The highest BCUT2D eigenvalue weighted by atomic mass is 32.2. The van der Waals surface area contributed by atoms with E-state index in [1.54, 1.807) is 11.8 Å². The zero-order chi connectivity index (χ0) is 14.5. The van der Waals surface area contributed by atoms with Gasteiger partial charge in [-0.25, -0.2) is 0 Å². The molecular formula is C13H18N4OS3. The number of hydrogen-bond donors (Lipinski definition) is 1. The minimum Gasteiger partial charge on any atom is -0.300 e. The largest absolute Gasteiger partial charge is 0.300 e. The summed E-state index contributed by atoms with van der Waals surface area (Å²) in [5, 5.41) is 12.9. The molecule has 0 unspecified atom stereocenters. The number of thioether (sulfide) groups is 2. The smallest absolute Gasteiger partial charge is 0.236 e. The normalized spacial score (nSPS) is 19.5. The number of nitrogens with one attached hydrogen (secondary N) is 1. The summed E-state index contributed by atoms with van der Waals surface area (Å²) >= 11 is 4.75. The van der Waals surface area contributed by atoms with Gasteiger partial charge in [-0.3, -0.25) is 15.1 Å². The van der Waals surface area contributed by atoms with Crippen molar-refractivity contribution >= 4 is 50.3 Å². The van der Waals surface area contributed by atoms with Crippen LogP contribution in [-0.4, -0.2) is 38.5 Å². The van der Waals surface area contributed by atoms with Crippen molar-refractivity contribution in [2.75, 3.05) is 23.4 Å². The van der Waals surface area contributed by atoms with Gasteiger partial charge in [-0.15, -0.1) is 10.2 Å². The Morgan fingerprint density at radius 3 is 2.90 bits per heavy atom. The topological polar surface area (TPSA) is 67.2 Å². The van der Waals surface area contributed by atoms with Crippen molar-refractivity contribution in [3.05, 3.63) is 5.01 Å². The Labute approximate surface area is 136 Å². The molecule has 1 aromatic heterocycles. The van der Waals surface area contributed by atoms with Gasteiger partial charge in [-0.2, -0.15) is 0 Å². The summed E-state index contributed by atoms with van der Waals surface area (Å²) in [7, 11) is 0. The highest BCUT2D eigenvalue weighted by Crippen LogP contribution is 2.35. The van der Waals surface area contributed by atoms with Crippen LogP contribution in [-0.2, 0) is 4.79 Å². The number of aromatic nitrogens is 2. The maximum Gasteiger partial charge on any atom is 0.236 e. The quantitative estimate of drug-likeness (QED) is 0.909. The van der Waals surface area contributed by atoms with E-state index in [1.165, 1.54) is 55.2 Å². The van der Waals surface area contributed by atoms with Crippen LogP contribution in [0.3, 0.4) is 0 Å². The zero-order valence-electron chi connectivity index (χ0n) is 11.7. The van der Waals surface area contributed by atoms with E-state index in [0.717, 1.165) is 21.7 Å². The van der Waals surface area contributed by atoms with Crippen LogP contribution in [0.5, 0.6) is 0 Å². The molecule has 5 nitrogen and oxygen atoms in total. The van der Waals surface area contributed by atoms with E-state index < -0.39 is 0 Å². The fourth-order valence-corrected chi connectivity index (χ4v) is 5.22. The van der Waals surface area contributed by atoms with E-state index in [0.29, 0.717) is 16.8 Å². The number of carbonyl (C=O) groups is 1. The standard InChI is InChI=1S/C13H18N4OS3/c18-10(8-20-13-14-6-7-19-13)15-12-17-16-11(21-12)9-4-2-1-3-5-9/h9H,1-8H2,(H,15,17,18). The van der Waals surface area contributed by atoms with Gasteiger partial charge in [0, 0.05) is 11.7 Å². The van der Waals surface area contributed by atoms with Crippen LogP contribution >= 0.6 is 34.9 Å². The van der Waals surface area contributed by atoms with E-state index in [1.807, 2.05) is 0 Å². The Kier molecular flexibility index (Phi) is 5.54. The molecule has 0 aromatic carbocycles. The van der Waals surface area contributed by atoms with E-state index in [-0.39, 0.29) is 5.91 Å². The number of rotatable bonds is 4. The first kappa shape index (κ1) is 15.3. The molecule has 3 rings (SSSR count). The molecule has 1 saturated carbocycles. The van der Waals surface area contributed by atoms with Gasteiger partial charge in [-0.05, 0) is 12.8 Å². The Morgan fingerprint density at radius 1 is 1.29 bits per heavy atom. The van der Waals surface area contributed by atoms with Gasteiger partial charge in [0.15, 0.2) is 0 Å². The third-order valence-corrected chi connectivity index (χ3v) is 6.78. The molecule has 0 saturated heterocycles. The van der Waals surface area contributed by atoms with Gasteiger partial charge >= 0.3 is 0 Å². The van der Waals surface area contributed by atoms with Crippen LogP contribution in [0.4, 0.5) is 5.13 Å². The van der Waals surface area contributed by atoms with Gasteiger partial charge in [0.05, 0.1) is 12.3 Å². The Morgan fingerprint density at radius 2 is 2.14 bits per heavy atom. The highest BCUT2D eigenvalue weighted by Gasteiger charge is 2.20. The Bertz CT molecular complexity index is 525. The van der Waals surface area contributed by atoms with Crippen LogP contribution in [0.15, 0.2) is 4.99 Å². The third-order valence-electron chi connectivity index (χ3n) is 3.53. The van der Waals surface area contributed by atoms with E-state index in [9.17, 15) is 4.79 Å². The number of anilines is 1. The summed E-state index contributed by atoms with van der Waals surface area (Å²) in [4.78, 5) is 16.2. The van der Waals surface area contributed by atoms with Crippen molar-refractivity contribution in [3.63, 3.8) is 0 Å². The number of carbonyl (C=O) groups excluding carboxylic acids is 1. The molecule has 1 aliphatic carbocycles. The van der Waals surface area contributed by atoms with Crippen LogP contribution < -0.4 is 5.32 Å². The van der Waals surface area contributed by atoms with Gasteiger partial charge in [0.2, 0.25) is 11.0 Å². The van der Waals surface area contributed by atoms with Gasteiger partial charge in [-0.1, -0.05) is 54.1 Å². The number of amides is 1. The lowest BCUT2D eigenvalue weighted by atomic mass is 9.90. The van der Waals surface area contributed by atoms with E-state index in [2.05, 4.69) is 20.5 Å². The number of aliphatic imine (C=N–C) groups is 1. The van der Waals surface area contributed by atoms with Crippen LogP contribution in [0.1, 0.15) is 43.0 Å². The molecule has 1 amide bonds. The van der Waals surface area contributed by atoms with Gasteiger partial charge < -0.3 is 0 Å².